The number of halogens is 2. The van der Waals surface area contributed by atoms with Gasteiger partial charge in [-0.3, -0.25) is 0 Å². The number of carbonyl (C=O) groups excluding carboxylic acids is 1. The standard InChI is InChI=1S/C14H13F2NO/c1-8-5-11(15)14(12(16)6-8)10-4-3-9(2)17-13(10)7-18/h5-6,10,17H,2-4H2,1H3. The Kier molecular flexibility index (Phi) is 3.30. The molecule has 0 saturated carbocycles. The van der Waals surface area contributed by atoms with E-state index in [9.17, 15) is 13.6 Å². The lowest BCUT2D eigenvalue weighted by molar-refractivity contribution is 0.497. The SMILES string of the molecule is C=C1CCC(c2c(F)cc(C)cc2F)C(=C=O)N1. The molecule has 1 saturated heterocycles. The highest BCUT2D eigenvalue weighted by atomic mass is 19.1. The van der Waals surface area contributed by atoms with Gasteiger partial charge >= 0.3 is 0 Å². The number of piperidine rings is 1. The monoisotopic (exact) mass is 249 g/mol. The summed E-state index contributed by atoms with van der Waals surface area (Å²) < 4.78 is 27.7. The summed E-state index contributed by atoms with van der Waals surface area (Å²) in [6.45, 7) is 5.32. The van der Waals surface area contributed by atoms with Gasteiger partial charge in [0.25, 0.3) is 0 Å². The van der Waals surface area contributed by atoms with Crippen molar-refractivity contribution in [3.8, 4) is 0 Å². The number of hydrogen-bond acceptors (Lipinski definition) is 2. The Morgan fingerprint density at radius 2 is 2.00 bits per heavy atom. The van der Waals surface area contributed by atoms with Gasteiger partial charge in [-0.05, 0) is 37.5 Å². The van der Waals surface area contributed by atoms with Crippen molar-refractivity contribution in [3.05, 3.63) is 52.9 Å². The molecule has 2 rings (SSSR count). The molecular weight excluding hydrogens is 236 g/mol. The fourth-order valence-corrected chi connectivity index (χ4v) is 2.23. The Labute approximate surface area is 104 Å². The molecule has 1 atom stereocenters. The smallest absolute Gasteiger partial charge is 0.146 e. The first-order valence-electron chi connectivity index (χ1n) is 5.68. The van der Waals surface area contributed by atoms with Crippen LogP contribution in [0.4, 0.5) is 8.78 Å². The summed E-state index contributed by atoms with van der Waals surface area (Å²) in [5.41, 5.74) is 1.25. The summed E-state index contributed by atoms with van der Waals surface area (Å²) in [6.07, 6.45) is 1.02. The van der Waals surface area contributed by atoms with E-state index in [1.807, 2.05) is 0 Å². The van der Waals surface area contributed by atoms with Gasteiger partial charge in [0, 0.05) is 17.2 Å². The van der Waals surface area contributed by atoms with Crippen LogP contribution >= 0.6 is 0 Å². The molecule has 18 heavy (non-hydrogen) atoms. The zero-order valence-electron chi connectivity index (χ0n) is 10.0. The highest BCUT2D eigenvalue weighted by Crippen LogP contribution is 2.35. The van der Waals surface area contributed by atoms with Crippen LogP contribution in [0.25, 0.3) is 0 Å². The van der Waals surface area contributed by atoms with Crippen LogP contribution in [0.2, 0.25) is 0 Å². The molecule has 0 radical (unpaired) electrons. The molecule has 1 aliphatic heterocycles. The molecule has 1 aromatic carbocycles. The van der Waals surface area contributed by atoms with E-state index in [-0.39, 0.29) is 11.3 Å². The maximum Gasteiger partial charge on any atom is 0.146 e. The third kappa shape index (κ3) is 2.20. The van der Waals surface area contributed by atoms with Gasteiger partial charge in [-0.2, -0.15) is 0 Å². The fourth-order valence-electron chi connectivity index (χ4n) is 2.23. The minimum Gasteiger partial charge on any atom is -0.353 e. The highest BCUT2D eigenvalue weighted by molar-refractivity contribution is 5.57. The Balaban J connectivity index is 2.48. The molecular formula is C14H13F2NO. The molecule has 1 aliphatic rings. The summed E-state index contributed by atoms with van der Waals surface area (Å²) in [4.78, 5) is 10.9. The minimum absolute atomic E-state index is 0.0704. The lowest BCUT2D eigenvalue weighted by atomic mass is 9.87. The molecule has 2 nitrogen and oxygen atoms in total. The molecule has 4 heteroatoms. The van der Waals surface area contributed by atoms with E-state index in [0.717, 1.165) is 0 Å². The normalized spacial score (nSPS) is 19.4. The molecule has 0 aliphatic carbocycles. The van der Waals surface area contributed by atoms with Crippen molar-refractivity contribution >= 4 is 5.94 Å². The third-order valence-electron chi connectivity index (χ3n) is 3.08. The summed E-state index contributed by atoms with van der Waals surface area (Å²) >= 11 is 0. The van der Waals surface area contributed by atoms with Crippen LogP contribution in [0.15, 0.2) is 30.1 Å². The van der Waals surface area contributed by atoms with E-state index in [2.05, 4.69) is 11.9 Å². The van der Waals surface area contributed by atoms with Crippen LogP contribution in [0, 0.1) is 18.6 Å². The van der Waals surface area contributed by atoms with Crippen LogP contribution in [0.1, 0.15) is 29.9 Å². The van der Waals surface area contributed by atoms with E-state index in [1.165, 1.54) is 12.1 Å². The second-order valence-corrected chi connectivity index (χ2v) is 4.48. The number of aryl methyl sites for hydroxylation is 1. The van der Waals surface area contributed by atoms with Crippen molar-refractivity contribution in [2.75, 3.05) is 0 Å². The summed E-state index contributed by atoms with van der Waals surface area (Å²) in [5.74, 6) is -0.155. The third-order valence-corrected chi connectivity index (χ3v) is 3.08. The van der Waals surface area contributed by atoms with Crippen molar-refractivity contribution in [1.29, 1.82) is 0 Å². The van der Waals surface area contributed by atoms with Gasteiger partial charge in [-0.25, -0.2) is 13.6 Å². The van der Waals surface area contributed by atoms with Gasteiger partial charge in [0.2, 0.25) is 0 Å². The van der Waals surface area contributed by atoms with Crippen LogP contribution in [0.3, 0.4) is 0 Å². The Bertz CT molecular complexity index is 536. The number of allylic oxidation sites excluding steroid dienone is 2. The first-order chi connectivity index (χ1) is 8.52. The zero-order valence-corrected chi connectivity index (χ0v) is 10.0. The van der Waals surface area contributed by atoms with Crippen LogP contribution in [0.5, 0.6) is 0 Å². The first-order valence-corrected chi connectivity index (χ1v) is 5.68. The number of rotatable bonds is 1. The summed E-state index contributed by atoms with van der Waals surface area (Å²) in [7, 11) is 0. The van der Waals surface area contributed by atoms with Gasteiger partial charge in [0.15, 0.2) is 0 Å². The van der Waals surface area contributed by atoms with Crippen molar-refractivity contribution in [3.63, 3.8) is 0 Å². The van der Waals surface area contributed by atoms with E-state index in [0.29, 0.717) is 24.1 Å². The van der Waals surface area contributed by atoms with Gasteiger partial charge in [0.05, 0.1) is 0 Å². The second kappa shape index (κ2) is 4.75. The predicted molar refractivity (Wildman–Crippen MR) is 64.6 cm³/mol. The Morgan fingerprint density at radius 1 is 1.39 bits per heavy atom. The molecule has 0 spiro atoms. The van der Waals surface area contributed by atoms with Gasteiger partial charge in [-0.15, -0.1) is 0 Å². The summed E-state index contributed by atoms with van der Waals surface area (Å²) in [6, 6.07) is 2.54. The quantitative estimate of drug-likeness (QED) is 0.775. The van der Waals surface area contributed by atoms with Crippen LogP contribution in [-0.4, -0.2) is 5.94 Å². The van der Waals surface area contributed by atoms with Gasteiger partial charge in [-0.1, -0.05) is 6.58 Å². The molecule has 1 unspecified atom stereocenters. The molecule has 1 heterocycles. The van der Waals surface area contributed by atoms with Gasteiger partial charge in [0.1, 0.15) is 23.3 Å². The molecule has 1 aromatic rings. The predicted octanol–water partition coefficient (Wildman–Crippen LogP) is 2.97. The molecule has 0 bridgehead atoms. The van der Waals surface area contributed by atoms with E-state index >= 15 is 0 Å². The second-order valence-electron chi connectivity index (χ2n) is 4.48. The largest absolute Gasteiger partial charge is 0.353 e. The van der Waals surface area contributed by atoms with Crippen molar-refractivity contribution in [1.82, 2.24) is 5.32 Å². The molecule has 1 N–H and O–H groups in total. The van der Waals surface area contributed by atoms with Gasteiger partial charge < -0.3 is 5.32 Å². The zero-order chi connectivity index (χ0) is 13.3. The number of nitrogens with one attached hydrogen (secondary N) is 1. The lowest BCUT2D eigenvalue weighted by Crippen LogP contribution is -2.26. The summed E-state index contributed by atoms with van der Waals surface area (Å²) in [5, 5.41) is 2.75. The van der Waals surface area contributed by atoms with E-state index in [4.69, 9.17) is 0 Å². The Morgan fingerprint density at radius 3 is 2.56 bits per heavy atom. The van der Waals surface area contributed by atoms with E-state index in [1.54, 1.807) is 12.9 Å². The van der Waals surface area contributed by atoms with Crippen LogP contribution in [-0.2, 0) is 4.79 Å². The fraction of sp³-hybridized carbons (Fsp3) is 0.286. The number of benzene rings is 1. The molecule has 94 valence electrons. The minimum atomic E-state index is -0.625. The maximum absolute atomic E-state index is 13.9. The molecule has 1 fully saturated rings. The number of hydrogen-bond donors (Lipinski definition) is 1. The highest BCUT2D eigenvalue weighted by Gasteiger charge is 2.28. The average molecular weight is 249 g/mol. The van der Waals surface area contributed by atoms with Crippen molar-refractivity contribution in [2.45, 2.75) is 25.7 Å². The van der Waals surface area contributed by atoms with E-state index < -0.39 is 17.6 Å². The molecule has 0 amide bonds. The average Bonchev–Trinajstić information content (AvgIpc) is 2.29. The van der Waals surface area contributed by atoms with Crippen molar-refractivity contribution < 1.29 is 13.6 Å². The Hall–Kier alpha value is -1.93. The first kappa shape index (κ1) is 12.5. The van der Waals surface area contributed by atoms with Crippen LogP contribution < -0.4 is 5.32 Å². The molecule has 0 aromatic heterocycles. The van der Waals surface area contributed by atoms with Crippen molar-refractivity contribution in [2.24, 2.45) is 0 Å². The maximum atomic E-state index is 13.9. The lowest BCUT2D eigenvalue weighted by Gasteiger charge is -2.26. The topological polar surface area (TPSA) is 29.1 Å².